The Morgan fingerprint density at radius 1 is 1.21 bits per heavy atom. The van der Waals surface area contributed by atoms with Crippen LogP contribution >= 0.6 is 11.6 Å². The third-order valence-corrected chi connectivity index (χ3v) is 6.28. The highest BCUT2D eigenvalue weighted by Gasteiger charge is 2.35. The van der Waals surface area contributed by atoms with Gasteiger partial charge in [-0.1, -0.05) is 29.8 Å². The molecular formula is C24H29ClN6O2. The third-order valence-electron chi connectivity index (χ3n) is 6.07. The molecule has 0 saturated carbocycles. The lowest BCUT2D eigenvalue weighted by atomic mass is 9.96. The second kappa shape index (κ2) is 10.3. The molecule has 3 heterocycles. The van der Waals surface area contributed by atoms with Crippen molar-refractivity contribution in [2.75, 3.05) is 38.7 Å². The van der Waals surface area contributed by atoms with Crippen LogP contribution in [-0.2, 0) is 4.74 Å². The van der Waals surface area contributed by atoms with Crippen LogP contribution in [0.4, 0.5) is 10.6 Å². The normalized spacial score (nSPS) is 18.4. The van der Waals surface area contributed by atoms with Gasteiger partial charge in [0.05, 0.1) is 29.1 Å². The summed E-state index contributed by atoms with van der Waals surface area (Å²) in [6.45, 7) is 6.82. The number of aryl methyl sites for hydroxylation is 1. The predicted octanol–water partition coefficient (Wildman–Crippen LogP) is 3.77. The van der Waals surface area contributed by atoms with Crippen molar-refractivity contribution in [2.45, 2.75) is 25.8 Å². The Balaban J connectivity index is 1.53. The maximum Gasteiger partial charge on any atom is 0.320 e. The lowest BCUT2D eigenvalue weighted by Gasteiger charge is -2.21. The number of anilines is 1. The molecule has 4 rings (SSSR count). The lowest BCUT2D eigenvalue weighted by Crippen LogP contribution is -2.42. The lowest BCUT2D eigenvalue weighted by molar-refractivity contribution is 0.159. The summed E-state index contributed by atoms with van der Waals surface area (Å²) in [5, 5.41) is 11.4. The number of aromatic nitrogens is 3. The van der Waals surface area contributed by atoms with Gasteiger partial charge in [-0.2, -0.15) is 5.10 Å². The first-order valence-electron chi connectivity index (χ1n) is 11.0. The molecule has 0 aliphatic carbocycles. The maximum atomic E-state index is 13.1. The number of pyridine rings is 1. The average molecular weight is 469 g/mol. The number of halogens is 1. The minimum Gasteiger partial charge on any atom is -0.383 e. The molecule has 1 aromatic carbocycles. The highest BCUT2D eigenvalue weighted by atomic mass is 35.5. The molecule has 1 aliphatic rings. The van der Waals surface area contributed by atoms with E-state index in [1.54, 1.807) is 18.0 Å². The Hall–Kier alpha value is -2.94. The first kappa shape index (κ1) is 23.2. The maximum absolute atomic E-state index is 13.1. The van der Waals surface area contributed by atoms with Gasteiger partial charge >= 0.3 is 6.03 Å². The summed E-state index contributed by atoms with van der Waals surface area (Å²) in [5.41, 5.74) is 3.69. The molecule has 2 amide bonds. The second-order valence-electron chi connectivity index (χ2n) is 8.31. The van der Waals surface area contributed by atoms with E-state index in [-0.39, 0.29) is 18.0 Å². The van der Waals surface area contributed by atoms with E-state index < -0.39 is 0 Å². The molecule has 1 saturated heterocycles. The average Bonchev–Trinajstić information content (AvgIpc) is 3.34. The van der Waals surface area contributed by atoms with E-state index in [1.807, 2.05) is 56.4 Å². The fourth-order valence-corrected chi connectivity index (χ4v) is 4.41. The smallest absolute Gasteiger partial charge is 0.320 e. The van der Waals surface area contributed by atoms with Crippen molar-refractivity contribution in [3.63, 3.8) is 0 Å². The Morgan fingerprint density at radius 2 is 2.00 bits per heavy atom. The molecule has 1 fully saturated rings. The summed E-state index contributed by atoms with van der Waals surface area (Å²) in [6.07, 6.45) is 3.44. The van der Waals surface area contributed by atoms with E-state index in [2.05, 4.69) is 25.6 Å². The zero-order valence-corrected chi connectivity index (χ0v) is 19.8. The Morgan fingerprint density at radius 3 is 2.73 bits per heavy atom. The van der Waals surface area contributed by atoms with Crippen molar-refractivity contribution in [3.05, 3.63) is 70.6 Å². The first-order chi connectivity index (χ1) is 16.0. The quantitative estimate of drug-likeness (QED) is 0.551. The highest BCUT2D eigenvalue weighted by Crippen LogP contribution is 2.29. The molecule has 2 atom stereocenters. The van der Waals surface area contributed by atoms with Gasteiger partial charge in [0, 0.05) is 50.6 Å². The molecule has 0 bridgehead atoms. The number of para-hydroxylation sites is 1. The van der Waals surface area contributed by atoms with Crippen LogP contribution < -0.4 is 10.6 Å². The van der Waals surface area contributed by atoms with Crippen molar-refractivity contribution in [3.8, 4) is 5.69 Å². The number of nitrogens with zero attached hydrogens (tertiary/aromatic N) is 4. The van der Waals surface area contributed by atoms with Gasteiger partial charge in [-0.25, -0.2) is 9.48 Å². The van der Waals surface area contributed by atoms with E-state index in [9.17, 15) is 4.79 Å². The fraction of sp³-hybridized carbons (Fsp3) is 0.375. The van der Waals surface area contributed by atoms with Gasteiger partial charge in [-0.05, 0) is 37.6 Å². The summed E-state index contributed by atoms with van der Waals surface area (Å²) in [5.74, 6) is 0.729. The van der Waals surface area contributed by atoms with Gasteiger partial charge in [-0.15, -0.1) is 0 Å². The first-order valence-corrected chi connectivity index (χ1v) is 11.3. The van der Waals surface area contributed by atoms with Crippen LogP contribution in [0, 0.1) is 13.8 Å². The Kier molecular flexibility index (Phi) is 7.27. The second-order valence-corrected chi connectivity index (χ2v) is 8.74. The number of rotatable bonds is 7. The molecule has 0 unspecified atom stereocenters. The number of methoxy groups -OCH3 is 1. The number of carbonyl (C=O) groups excluding carboxylic acids is 1. The van der Waals surface area contributed by atoms with Crippen molar-refractivity contribution in [1.82, 2.24) is 25.0 Å². The molecular weight excluding hydrogens is 440 g/mol. The third kappa shape index (κ3) is 5.35. The summed E-state index contributed by atoms with van der Waals surface area (Å²) in [7, 11) is 1.69. The molecule has 174 valence electrons. The number of nitrogens with one attached hydrogen (secondary N) is 2. The molecule has 8 nitrogen and oxygen atoms in total. The van der Waals surface area contributed by atoms with Crippen molar-refractivity contribution >= 4 is 23.4 Å². The van der Waals surface area contributed by atoms with Crippen LogP contribution in [0.2, 0.25) is 5.02 Å². The van der Waals surface area contributed by atoms with Gasteiger partial charge in [0.1, 0.15) is 5.82 Å². The van der Waals surface area contributed by atoms with Crippen LogP contribution in [0.15, 0.2) is 48.8 Å². The molecule has 2 N–H and O–H groups in total. The molecule has 3 aromatic rings. The SMILES string of the molecule is COCCN1C[C@@H](NC(=O)Nc2c(C)c(C)nn2-c2ccccc2)[C@H](c2cncc(Cl)c2)C1. The topological polar surface area (TPSA) is 84.3 Å². The summed E-state index contributed by atoms with van der Waals surface area (Å²) in [6, 6.07) is 11.3. The molecule has 9 heteroatoms. The minimum absolute atomic E-state index is 0.0701. The van der Waals surface area contributed by atoms with E-state index in [0.29, 0.717) is 24.0 Å². The van der Waals surface area contributed by atoms with Gasteiger partial charge in [0.25, 0.3) is 0 Å². The molecule has 0 radical (unpaired) electrons. The standard InChI is InChI=1S/C24H29ClN6O2/c1-16-17(2)29-31(20-7-5-4-6-8-20)23(16)28-24(32)27-22-15-30(9-10-33-3)14-21(22)18-11-19(25)13-26-12-18/h4-8,11-13,21-22H,9-10,14-15H2,1-3H3,(H2,27,28,32)/t21-,22+/m0/s1. The molecule has 33 heavy (non-hydrogen) atoms. The zero-order valence-electron chi connectivity index (χ0n) is 19.1. The number of hydrogen-bond donors (Lipinski definition) is 2. The number of carbonyl (C=O) groups is 1. The van der Waals surface area contributed by atoms with E-state index >= 15 is 0 Å². The summed E-state index contributed by atoms with van der Waals surface area (Å²) in [4.78, 5) is 19.7. The molecule has 1 aliphatic heterocycles. The summed E-state index contributed by atoms with van der Waals surface area (Å²) < 4.78 is 7.01. The number of ether oxygens (including phenoxy) is 1. The number of likely N-dealkylation sites (tertiary alicyclic amines) is 1. The van der Waals surface area contributed by atoms with Gasteiger partial charge in [0.2, 0.25) is 0 Å². The van der Waals surface area contributed by atoms with Crippen LogP contribution in [0.3, 0.4) is 0 Å². The van der Waals surface area contributed by atoms with Crippen LogP contribution in [-0.4, -0.2) is 65.1 Å². The number of amides is 2. The monoisotopic (exact) mass is 468 g/mol. The van der Waals surface area contributed by atoms with Gasteiger partial charge in [0.15, 0.2) is 0 Å². The van der Waals surface area contributed by atoms with Crippen LogP contribution in [0.1, 0.15) is 22.7 Å². The predicted molar refractivity (Wildman–Crippen MR) is 129 cm³/mol. The molecule has 2 aromatic heterocycles. The fourth-order valence-electron chi connectivity index (χ4n) is 4.22. The molecule has 0 spiro atoms. The van der Waals surface area contributed by atoms with Crippen molar-refractivity contribution < 1.29 is 9.53 Å². The summed E-state index contributed by atoms with van der Waals surface area (Å²) >= 11 is 6.19. The largest absolute Gasteiger partial charge is 0.383 e. The Bertz CT molecular complexity index is 1100. The van der Waals surface area contributed by atoms with E-state index in [0.717, 1.165) is 35.6 Å². The number of benzene rings is 1. The van der Waals surface area contributed by atoms with E-state index in [1.165, 1.54) is 0 Å². The van der Waals surface area contributed by atoms with Crippen LogP contribution in [0.25, 0.3) is 5.69 Å². The Labute approximate surface area is 198 Å². The van der Waals surface area contributed by atoms with Crippen molar-refractivity contribution in [1.29, 1.82) is 0 Å². The highest BCUT2D eigenvalue weighted by molar-refractivity contribution is 6.30. The number of hydrogen-bond acceptors (Lipinski definition) is 5. The van der Waals surface area contributed by atoms with Gasteiger partial charge in [-0.3, -0.25) is 15.2 Å². The van der Waals surface area contributed by atoms with Gasteiger partial charge < -0.3 is 10.1 Å². The van der Waals surface area contributed by atoms with Crippen molar-refractivity contribution in [2.24, 2.45) is 0 Å². The number of urea groups is 1. The minimum atomic E-state index is -0.270. The van der Waals surface area contributed by atoms with Crippen LogP contribution in [0.5, 0.6) is 0 Å². The zero-order chi connectivity index (χ0) is 23.4. The van der Waals surface area contributed by atoms with E-state index in [4.69, 9.17) is 16.3 Å².